The second kappa shape index (κ2) is 4.01. The Labute approximate surface area is 102 Å². The minimum atomic E-state index is 0.299. The molecule has 0 saturated heterocycles. The van der Waals surface area contributed by atoms with Crippen molar-refractivity contribution in [1.29, 1.82) is 0 Å². The summed E-state index contributed by atoms with van der Waals surface area (Å²) in [5, 5.41) is 2.86. The van der Waals surface area contributed by atoms with Gasteiger partial charge in [-0.05, 0) is 23.6 Å². The van der Waals surface area contributed by atoms with E-state index in [1.165, 1.54) is 0 Å². The van der Waals surface area contributed by atoms with Gasteiger partial charge >= 0.3 is 0 Å². The van der Waals surface area contributed by atoms with Crippen LogP contribution in [-0.2, 0) is 0 Å². The smallest absolute Gasteiger partial charge is 0.153 e. The molecule has 0 heterocycles. The molecule has 0 N–H and O–H groups in total. The van der Waals surface area contributed by atoms with Crippen molar-refractivity contribution in [2.24, 2.45) is 0 Å². The zero-order valence-corrected chi connectivity index (χ0v) is 9.70. The van der Waals surface area contributed by atoms with Crippen LogP contribution in [0.15, 0.2) is 24.3 Å². The molecule has 0 aliphatic carbocycles. The molecule has 0 radical (unpaired) electrons. The number of carbonyl (C=O) groups excluding carboxylic acids is 1. The van der Waals surface area contributed by atoms with Crippen LogP contribution in [0.25, 0.3) is 10.8 Å². The number of aldehydes is 1. The Balaban J connectivity index is 2.92. The minimum absolute atomic E-state index is 0.299. The molecule has 76 valence electrons. The summed E-state index contributed by atoms with van der Waals surface area (Å²) in [5.41, 5.74) is 0.299. The third kappa shape index (κ3) is 1.83. The first-order chi connectivity index (χ1) is 7.13. The maximum absolute atomic E-state index is 10.8. The van der Waals surface area contributed by atoms with E-state index in [0.29, 0.717) is 26.9 Å². The van der Waals surface area contributed by atoms with Gasteiger partial charge in [-0.15, -0.1) is 0 Å². The number of fused-ring (bicyclic) bond motifs is 1. The van der Waals surface area contributed by atoms with E-state index in [2.05, 4.69) is 0 Å². The van der Waals surface area contributed by atoms with E-state index < -0.39 is 0 Å². The second-order valence-electron chi connectivity index (χ2n) is 3.07. The molecule has 0 aliphatic rings. The molecule has 0 amide bonds. The molecule has 4 heteroatoms. The molecule has 1 nitrogen and oxygen atoms in total. The zero-order chi connectivity index (χ0) is 11.0. The van der Waals surface area contributed by atoms with Gasteiger partial charge in [-0.25, -0.2) is 0 Å². The normalized spacial score (nSPS) is 10.6. The van der Waals surface area contributed by atoms with E-state index >= 15 is 0 Å². The molecule has 0 saturated carbocycles. The highest BCUT2D eigenvalue weighted by molar-refractivity contribution is 6.42. The lowest BCUT2D eigenvalue weighted by molar-refractivity contribution is 0.112. The molecule has 0 spiro atoms. The van der Waals surface area contributed by atoms with Gasteiger partial charge in [-0.1, -0.05) is 40.9 Å². The van der Waals surface area contributed by atoms with Gasteiger partial charge < -0.3 is 0 Å². The van der Waals surface area contributed by atoms with Gasteiger partial charge in [0.25, 0.3) is 0 Å². The van der Waals surface area contributed by atoms with Gasteiger partial charge in [0.1, 0.15) is 0 Å². The summed E-state index contributed by atoms with van der Waals surface area (Å²) in [7, 11) is 0. The van der Waals surface area contributed by atoms with Gasteiger partial charge in [0.05, 0.1) is 15.6 Å². The van der Waals surface area contributed by atoms with Crippen molar-refractivity contribution in [3.63, 3.8) is 0 Å². The summed E-state index contributed by atoms with van der Waals surface area (Å²) >= 11 is 17.8. The summed E-state index contributed by atoms with van der Waals surface area (Å²) in [6.45, 7) is 0. The SMILES string of the molecule is O=Cc1c(Cl)cc2ccc(Cl)cc2c1Cl. The van der Waals surface area contributed by atoms with E-state index in [1.807, 2.05) is 6.07 Å². The lowest BCUT2D eigenvalue weighted by atomic mass is 10.1. The number of benzene rings is 2. The van der Waals surface area contributed by atoms with Crippen LogP contribution in [0.2, 0.25) is 15.1 Å². The van der Waals surface area contributed by atoms with Crippen molar-refractivity contribution in [1.82, 2.24) is 0 Å². The summed E-state index contributed by atoms with van der Waals surface area (Å²) < 4.78 is 0. The van der Waals surface area contributed by atoms with E-state index in [9.17, 15) is 4.79 Å². The van der Waals surface area contributed by atoms with Gasteiger partial charge in [0.2, 0.25) is 0 Å². The Bertz CT molecular complexity index is 549. The van der Waals surface area contributed by atoms with Crippen molar-refractivity contribution in [2.75, 3.05) is 0 Å². The number of carbonyl (C=O) groups is 1. The molecule has 2 aromatic carbocycles. The second-order valence-corrected chi connectivity index (χ2v) is 4.29. The van der Waals surface area contributed by atoms with Crippen LogP contribution < -0.4 is 0 Å². The molecule has 0 atom stereocenters. The molecule has 0 aliphatic heterocycles. The van der Waals surface area contributed by atoms with Crippen LogP contribution in [0.3, 0.4) is 0 Å². The van der Waals surface area contributed by atoms with Crippen molar-refractivity contribution in [3.8, 4) is 0 Å². The maximum atomic E-state index is 10.8. The molecular weight excluding hydrogens is 254 g/mol. The molecule has 0 aromatic heterocycles. The van der Waals surface area contributed by atoms with Crippen molar-refractivity contribution < 1.29 is 4.79 Å². The van der Waals surface area contributed by atoms with Gasteiger partial charge in [0.15, 0.2) is 6.29 Å². The standard InChI is InChI=1S/C11H5Cl3O/c12-7-2-1-6-3-10(13)9(5-15)11(14)8(6)4-7/h1-5H. The molecule has 15 heavy (non-hydrogen) atoms. The quantitative estimate of drug-likeness (QED) is 0.683. The number of hydrogen-bond donors (Lipinski definition) is 0. The molecule has 2 rings (SSSR count). The number of halogens is 3. The summed E-state index contributed by atoms with van der Waals surface area (Å²) in [6, 6.07) is 6.96. The van der Waals surface area contributed by atoms with Crippen LogP contribution in [0, 0.1) is 0 Å². The largest absolute Gasteiger partial charge is 0.298 e. The average Bonchev–Trinajstić information content (AvgIpc) is 2.20. The molecule has 0 fully saturated rings. The predicted octanol–water partition coefficient (Wildman–Crippen LogP) is 4.61. The Morgan fingerprint density at radius 3 is 2.47 bits per heavy atom. The first kappa shape index (κ1) is 10.7. The van der Waals surface area contributed by atoms with Crippen LogP contribution in [0.1, 0.15) is 10.4 Å². The molecule has 2 aromatic rings. The fraction of sp³-hybridized carbons (Fsp3) is 0. The van der Waals surface area contributed by atoms with Crippen LogP contribution >= 0.6 is 34.8 Å². The van der Waals surface area contributed by atoms with E-state index in [1.54, 1.807) is 18.2 Å². The van der Waals surface area contributed by atoms with Crippen molar-refractivity contribution in [3.05, 3.63) is 44.9 Å². The molecular formula is C11H5Cl3O. The number of hydrogen-bond acceptors (Lipinski definition) is 1. The van der Waals surface area contributed by atoms with Gasteiger partial charge in [-0.2, -0.15) is 0 Å². The highest BCUT2D eigenvalue weighted by Crippen LogP contribution is 2.33. The summed E-state index contributed by atoms with van der Waals surface area (Å²) in [6.07, 6.45) is 0.644. The highest BCUT2D eigenvalue weighted by atomic mass is 35.5. The van der Waals surface area contributed by atoms with E-state index in [0.717, 1.165) is 10.8 Å². The van der Waals surface area contributed by atoms with Gasteiger partial charge in [-0.3, -0.25) is 4.79 Å². The Morgan fingerprint density at radius 1 is 1.07 bits per heavy atom. The Hall–Kier alpha value is -0.760. The Morgan fingerprint density at radius 2 is 1.80 bits per heavy atom. The van der Waals surface area contributed by atoms with Crippen LogP contribution in [0.5, 0.6) is 0 Å². The predicted molar refractivity (Wildman–Crippen MR) is 64.4 cm³/mol. The zero-order valence-electron chi connectivity index (χ0n) is 7.43. The first-order valence-corrected chi connectivity index (χ1v) is 5.29. The fourth-order valence-corrected chi connectivity index (χ4v) is 2.20. The van der Waals surface area contributed by atoms with Crippen LogP contribution in [-0.4, -0.2) is 6.29 Å². The molecule has 0 unspecified atom stereocenters. The lowest BCUT2D eigenvalue weighted by Crippen LogP contribution is -1.86. The lowest BCUT2D eigenvalue weighted by Gasteiger charge is -2.05. The van der Waals surface area contributed by atoms with Gasteiger partial charge in [0, 0.05) is 10.4 Å². The monoisotopic (exact) mass is 258 g/mol. The fourth-order valence-electron chi connectivity index (χ4n) is 1.42. The summed E-state index contributed by atoms with van der Waals surface area (Å²) in [4.78, 5) is 10.8. The first-order valence-electron chi connectivity index (χ1n) is 4.16. The minimum Gasteiger partial charge on any atom is -0.298 e. The third-order valence-corrected chi connectivity index (χ3v) is 3.10. The highest BCUT2D eigenvalue weighted by Gasteiger charge is 2.10. The Kier molecular flexibility index (Phi) is 2.87. The molecule has 0 bridgehead atoms. The van der Waals surface area contributed by atoms with E-state index in [-0.39, 0.29) is 0 Å². The maximum Gasteiger partial charge on any atom is 0.153 e. The average molecular weight is 260 g/mol. The van der Waals surface area contributed by atoms with Crippen molar-refractivity contribution in [2.45, 2.75) is 0 Å². The van der Waals surface area contributed by atoms with Crippen LogP contribution in [0.4, 0.5) is 0 Å². The topological polar surface area (TPSA) is 17.1 Å². The van der Waals surface area contributed by atoms with E-state index in [4.69, 9.17) is 34.8 Å². The number of rotatable bonds is 1. The third-order valence-electron chi connectivity index (χ3n) is 2.15. The van der Waals surface area contributed by atoms with Crippen molar-refractivity contribution >= 4 is 51.9 Å². The summed E-state index contributed by atoms with van der Waals surface area (Å²) in [5.74, 6) is 0.